The van der Waals surface area contributed by atoms with Gasteiger partial charge in [-0.1, -0.05) is 6.07 Å². The van der Waals surface area contributed by atoms with Crippen LogP contribution in [0, 0.1) is 0 Å². The van der Waals surface area contributed by atoms with Crippen molar-refractivity contribution in [2.75, 3.05) is 26.8 Å². The molecule has 1 saturated heterocycles. The van der Waals surface area contributed by atoms with Crippen LogP contribution in [0.25, 0.3) is 5.65 Å². The van der Waals surface area contributed by atoms with Crippen LogP contribution in [0.3, 0.4) is 0 Å². The highest BCUT2D eigenvalue weighted by atomic mass is 19.4. The maximum atomic E-state index is 13.2. The van der Waals surface area contributed by atoms with Crippen molar-refractivity contribution < 1.29 is 27.4 Å². The number of pyridine rings is 1. The van der Waals surface area contributed by atoms with Gasteiger partial charge < -0.3 is 14.4 Å². The van der Waals surface area contributed by atoms with Gasteiger partial charge in [0.2, 0.25) is 0 Å². The Morgan fingerprint density at radius 1 is 1.39 bits per heavy atom. The largest absolute Gasteiger partial charge is 0.435 e. The molecule has 3 rings (SSSR count). The zero-order valence-corrected chi connectivity index (χ0v) is 12.2. The fourth-order valence-corrected chi connectivity index (χ4v) is 2.40. The summed E-state index contributed by atoms with van der Waals surface area (Å²) in [5.74, 6) is -0.796. The first-order valence-corrected chi connectivity index (χ1v) is 6.91. The summed E-state index contributed by atoms with van der Waals surface area (Å²) in [6.45, 7) is 0.836. The van der Waals surface area contributed by atoms with Gasteiger partial charge in [0.25, 0.3) is 5.91 Å². The van der Waals surface area contributed by atoms with E-state index in [-0.39, 0.29) is 12.2 Å². The van der Waals surface area contributed by atoms with Crippen molar-refractivity contribution in [2.24, 2.45) is 0 Å². The minimum absolute atomic E-state index is 0.0379. The van der Waals surface area contributed by atoms with Gasteiger partial charge in [-0.2, -0.15) is 13.2 Å². The number of halogens is 3. The van der Waals surface area contributed by atoms with Crippen LogP contribution in [-0.4, -0.2) is 53.3 Å². The first kappa shape index (κ1) is 15.8. The van der Waals surface area contributed by atoms with Crippen molar-refractivity contribution in [1.29, 1.82) is 0 Å². The van der Waals surface area contributed by atoms with E-state index in [0.717, 1.165) is 9.30 Å². The summed E-state index contributed by atoms with van der Waals surface area (Å²) in [5, 5.41) is 0. The highest BCUT2D eigenvalue weighted by molar-refractivity contribution is 5.94. The number of carbonyl (C=O) groups is 1. The van der Waals surface area contributed by atoms with E-state index in [1.54, 1.807) is 6.07 Å². The summed E-state index contributed by atoms with van der Waals surface area (Å²) in [7, 11) is 1.40. The standard InChI is InChI=1S/C14H14F3N3O3/c1-19(8-10-22-6-7-23-10)13(21)11-12(14(15,16)17)18-9-4-2-3-5-20(9)11/h2-5,10H,6-8H2,1H3. The number of ether oxygens (including phenoxy) is 2. The van der Waals surface area contributed by atoms with Crippen molar-refractivity contribution in [2.45, 2.75) is 12.5 Å². The van der Waals surface area contributed by atoms with Crippen LogP contribution in [-0.2, 0) is 15.7 Å². The van der Waals surface area contributed by atoms with Gasteiger partial charge in [-0.15, -0.1) is 0 Å². The molecule has 1 amide bonds. The number of alkyl halides is 3. The lowest BCUT2D eigenvalue weighted by Crippen LogP contribution is -2.36. The normalized spacial score (nSPS) is 16.2. The average molecular weight is 329 g/mol. The molecule has 1 aliphatic rings. The molecule has 0 N–H and O–H groups in total. The summed E-state index contributed by atoms with van der Waals surface area (Å²) in [4.78, 5) is 17.2. The van der Waals surface area contributed by atoms with Gasteiger partial charge in [-0.25, -0.2) is 4.98 Å². The predicted molar refractivity (Wildman–Crippen MR) is 72.8 cm³/mol. The molecular formula is C14H14F3N3O3. The van der Waals surface area contributed by atoms with Crippen LogP contribution in [0.5, 0.6) is 0 Å². The summed E-state index contributed by atoms with van der Waals surface area (Å²) in [6.07, 6.45) is -3.98. The molecule has 6 nitrogen and oxygen atoms in total. The zero-order chi connectivity index (χ0) is 16.6. The number of rotatable bonds is 3. The number of imidazole rings is 1. The van der Waals surface area contributed by atoms with E-state index in [1.807, 2.05) is 0 Å². The molecule has 23 heavy (non-hydrogen) atoms. The third-order valence-corrected chi connectivity index (χ3v) is 3.46. The van der Waals surface area contributed by atoms with Crippen LogP contribution < -0.4 is 0 Å². The average Bonchev–Trinajstić information content (AvgIpc) is 3.12. The Bertz CT molecular complexity index is 723. The van der Waals surface area contributed by atoms with Crippen molar-refractivity contribution >= 4 is 11.6 Å². The van der Waals surface area contributed by atoms with E-state index in [4.69, 9.17) is 9.47 Å². The number of amides is 1. The van der Waals surface area contributed by atoms with Gasteiger partial charge in [0.15, 0.2) is 12.0 Å². The highest BCUT2D eigenvalue weighted by Gasteiger charge is 2.41. The first-order chi connectivity index (χ1) is 10.9. The SMILES string of the molecule is CN(CC1OCCO1)C(=O)c1c(C(F)(F)F)nc2ccccn12. The minimum atomic E-state index is -4.72. The lowest BCUT2D eigenvalue weighted by Gasteiger charge is -2.20. The molecule has 0 radical (unpaired) electrons. The van der Waals surface area contributed by atoms with Crippen molar-refractivity contribution in [3.05, 3.63) is 35.8 Å². The molecule has 0 unspecified atom stereocenters. The Morgan fingerprint density at radius 2 is 2.09 bits per heavy atom. The topological polar surface area (TPSA) is 56.1 Å². The van der Waals surface area contributed by atoms with E-state index < -0.39 is 29.8 Å². The van der Waals surface area contributed by atoms with E-state index >= 15 is 0 Å². The number of likely N-dealkylation sites (N-methyl/N-ethyl adjacent to an activating group) is 1. The fraction of sp³-hybridized carbons (Fsp3) is 0.429. The number of aromatic nitrogens is 2. The van der Waals surface area contributed by atoms with Gasteiger partial charge >= 0.3 is 6.18 Å². The summed E-state index contributed by atoms with van der Waals surface area (Å²) < 4.78 is 51.2. The quantitative estimate of drug-likeness (QED) is 0.862. The van der Waals surface area contributed by atoms with Gasteiger partial charge in [0, 0.05) is 13.2 Å². The molecule has 124 valence electrons. The molecule has 3 heterocycles. The predicted octanol–water partition coefficient (Wildman–Crippen LogP) is 1.80. The number of fused-ring (bicyclic) bond motifs is 1. The second-order valence-corrected chi connectivity index (χ2v) is 5.09. The molecule has 0 saturated carbocycles. The Kier molecular flexibility index (Phi) is 3.99. The molecule has 0 aromatic carbocycles. The van der Waals surface area contributed by atoms with Crippen LogP contribution in [0.1, 0.15) is 16.2 Å². The van der Waals surface area contributed by atoms with Crippen molar-refractivity contribution in [3.8, 4) is 0 Å². The second-order valence-electron chi connectivity index (χ2n) is 5.09. The van der Waals surface area contributed by atoms with E-state index in [2.05, 4.69) is 4.98 Å². The lowest BCUT2D eigenvalue weighted by molar-refractivity contribution is -0.141. The maximum absolute atomic E-state index is 13.2. The summed E-state index contributed by atoms with van der Waals surface area (Å²) in [6, 6.07) is 4.50. The van der Waals surface area contributed by atoms with Crippen molar-refractivity contribution in [1.82, 2.24) is 14.3 Å². The number of nitrogens with zero attached hydrogens (tertiary/aromatic N) is 3. The summed E-state index contributed by atoms with van der Waals surface area (Å²) in [5.41, 5.74) is -1.66. The molecule has 0 spiro atoms. The third kappa shape index (κ3) is 3.02. The monoisotopic (exact) mass is 329 g/mol. The van der Waals surface area contributed by atoms with E-state index in [1.165, 1.54) is 25.4 Å². The second kappa shape index (κ2) is 5.82. The number of hydrogen-bond donors (Lipinski definition) is 0. The number of carbonyl (C=O) groups excluding carboxylic acids is 1. The Balaban J connectivity index is 1.98. The van der Waals surface area contributed by atoms with Gasteiger partial charge in [0.05, 0.1) is 19.8 Å². The van der Waals surface area contributed by atoms with Gasteiger partial charge in [-0.3, -0.25) is 9.20 Å². The molecule has 2 aromatic heterocycles. The zero-order valence-electron chi connectivity index (χ0n) is 12.2. The van der Waals surface area contributed by atoms with Crippen LogP contribution in [0.4, 0.5) is 13.2 Å². The maximum Gasteiger partial charge on any atom is 0.435 e. The van der Waals surface area contributed by atoms with E-state index in [9.17, 15) is 18.0 Å². The lowest BCUT2D eigenvalue weighted by atomic mass is 10.2. The fourth-order valence-electron chi connectivity index (χ4n) is 2.40. The first-order valence-electron chi connectivity index (χ1n) is 6.91. The minimum Gasteiger partial charge on any atom is -0.348 e. The molecular weight excluding hydrogens is 315 g/mol. The van der Waals surface area contributed by atoms with Crippen molar-refractivity contribution in [3.63, 3.8) is 0 Å². The van der Waals surface area contributed by atoms with Crippen LogP contribution in [0.15, 0.2) is 24.4 Å². The molecule has 1 aliphatic heterocycles. The van der Waals surface area contributed by atoms with Gasteiger partial charge in [0.1, 0.15) is 11.3 Å². The molecule has 1 fully saturated rings. The molecule has 0 atom stereocenters. The van der Waals surface area contributed by atoms with E-state index in [0.29, 0.717) is 13.2 Å². The Hall–Kier alpha value is -2.13. The third-order valence-electron chi connectivity index (χ3n) is 3.46. The Morgan fingerprint density at radius 3 is 2.74 bits per heavy atom. The van der Waals surface area contributed by atoms with Gasteiger partial charge in [-0.05, 0) is 12.1 Å². The summed E-state index contributed by atoms with van der Waals surface area (Å²) >= 11 is 0. The smallest absolute Gasteiger partial charge is 0.348 e. The highest BCUT2D eigenvalue weighted by Crippen LogP contribution is 2.32. The molecule has 0 bridgehead atoms. The Labute approximate surface area is 129 Å². The number of hydrogen-bond acceptors (Lipinski definition) is 4. The van der Waals surface area contributed by atoms with Crippen LogP contribution >= 0.6 is 0 Å². The molecule has 9 heteroatoms. The molecule has 2 aromatic rings. The van der Waals surface area contributed by atoms with Crippen LogP contribution in [0.2, 0.25) is 0 Å². The molecule has 0 aliphatic carbocycles.